The fourth-order valence-electron chi connectivity index (χ4n) is 2.14. The zero-order valence-electron chi connectivity index (χ0n) is 11.4. The summed E-state index contributed by atoms with van der Waals surface area (Å²) in [7, 11) is 0. The van der Waals surface area contributed by atoms with Gasteiger partial charge in [-0.1, -0.05) is 18.2 Å². The third-order valence-electron chi connectivity index (χ3n) is 3.36. The molecule has 0 bridgehead atoms. The molecule has 1 saturated heterocycles. The van der Waals surface area contributed by atoms with Crippen molar-refractivity contribution < 1.29 is 9.64 Å². The van der Waals surface area contributed by atoms with E-state index in [4.69, 9.17) is 17.0 Å². The van der Waals surface area contributed by atoms with E-state index in [-0.39, 0.29) is 0 Å². The maximum atomic E-state index is 5.34. The van der Waals surface area contributed by atoms with Gasteiger partial charge < -0.3 is 20.3 Å². The summed E-state index contributed by atoms with van der Waals surface area (Å²) in [5.41, 5.74) is 2.27. The van der Waals surface area contributed by atoms with E-state index in [2.05, 4.69) is 23.6 Å². The Morgan fingerprint density at radius 2 is 2.05 bits per heavy atom. The minimum atomic E-state index is 0.696. The van der Waals surface area contributed by atoms with Gasteiger partial charge in [0.05, 0.1) is 26.3 Å². The van der Waals surface area contributed by atoms with Gasteiger partial charge in [0.15, 0.2) is 5.11 Å². The summed E-state index contributed by atoms with van der Waals surface area (Å²) in [4.78, 5) is 1.58. The molecule has 1 aliphatic rings. The fourth-order valence-corrected chi connectivity index (χ4v) is 2.35. The number of nitrogens with one attached hydrogen (secondary N) is 3. The molecular weight excluding hydrogens is 258 g/mol. The molecule has 3 N–H and O–H groups in total. The van der Waals surface area contributed by atoms with Crippen LogP contribution in [0.4, 0.5) is 5.69 Å². The van der Waals surface area contributed by atoms with Gasteiger partial charge in [-0.2, -0.15) is 0 Å². The number of benzene rings is 1. The molecule has 0 aliphatic carbocycles. The number of thiocarbonyl (C=S) groups is 1. The largest absolute Gasteiger partial charge is 0.370 e. The Hall–Kier alpha value is -1.17. The third kappa shape index (κ3) is 4.78. The molecule has 1 fully saturated rings. The Labute approximate surface area is 120 Å². The standard InChI is InChI=1S/C14H21N3OS/c1-12-4-2-3-5-13(12)16-14(19)15-6-7-17-8-10-18-11-9-17/h2-5H,6-11H2,1H3,(H2,15,16,19)/p+1. The summed E-state index contributed by atoms with van der Waals surface area (Å²) < 4.78 is 5.34. The topological polar surface area (TPSA) is 37.7 Å². The molecule has 1 aromatic rings. The summed E-state index contributed by atoms with van der Waals surface area (Å²) in [6.45, 7) is 8.00. The van der Waals surface area contributed by atoms with Gasteiger partial charge in [-0.3, -0.25) is 0 Å². The van der Waals surface area contributed by atoms with Crippen LogP contribution in [0, 0.1) is 6.92 Å². The van der Waals surface area contributed by atoms with Gasteiger partial charge in [0.1, 0.15) is 13.1 Å². The smallest absolute Gasteiger partial charge is 0.170 e. The van der Waals surface area contributed by atoms with Gasteiger partial charge >= 0.3 is 0 Å². The lowest BCUT2D eigenvalue weighted by Crippen LogP contribution is -3.14. The normalized spacial score (nSPS) is 16.1. The minimum Gasteiger partial charge on any atom is -0.370 e. The van der Waals surface area contributed by atoms with Crippen LogP contribution in [0.1, 0.15) is 5.56 Å². The van der Waals surface area contributed by atoms with Crippen LogP contribution in [-0.2, 0) is 4.74 Å². The third-order valence-corrected chi connectivity index (χ3v) is 3.60. The number of aryl methyl sites for hydroxylation is 1. The van der Waals surface area contributed by atoms with E-state index in [1.807, 2.05) is 18.2 Å². The monoisotopic (exact) mass is 280 g/mol. The van der Waals surface area contributed by atoms with Crippen molar-refractivity contribution in [3.8, 4) is 0 Å². The number of ether oxygens (including phenoxy) is 1. The van der Waals surface area contributed by atoms with Crippen molar-refractivity contribution in [3.05, 3.63) is 29.8 Å². The molecule has 4 nitrogen and oxygen atoms in total. The number of quaternary nitrogens is 1. The van der Waals surface area contributed by atoms with Crippen molar-refractivity contribution in [3.63, 3.8) is 0 Å². The Balaban J connectivity index is 1.68. The molecule has 0 aromatic heterocycles. The molecule has 0 unspecified atom stereocenters. The van der Waals surface area contributed by atoms with Crippen LogP contribution in [0.25, 0.3) is 0 Å². The van der Waals surface area contributed by atoms with Crippen molar-refractivity contribution in [1.82, 2.24) is 5.32 Å². The molecule has 1 aromatic carbocycles. The maximum Gasteiger partial charge on any atom is 0.170 e. The summed E-state index contributed by atoms with van der Waals surface area (Å²) in [6, 6.07) is 8.15. The van der Waals surface area contributed by atoms with E-state index in [9.17, 15) is 0 Å². The number of rotatable bonds is 4. The first-order valence-corrected chi connectivity index (χ1v) is 7.18. The highest BCUT2D eigenvalue weighted by atomic mass is 32.1. The molecule has 2 rings (SSSR count). The van der Waals surface area contributed by atoms with Crippen LogP contribution in [0.15, 0.2) is 24.3 Å². The SMILES string of the molecule is Cc1ccccc1NC(=S)NCC[NH+]1CCOCC1. The van der Waals surface area contributed by atoms with Crippen LogP contribution >= 0.6 is 12.2 Å². The van der Waals surface area contributed by atoms with Crippen molar-refractivity contribution in [2.75, 3.05) is 44.7 Å². The first-order chi connectivity index (χ1) is 9.25. The molecule has 19 heavy (non-hydrogen) atoms. The van der Waals surface area contributed by atoms with Gasteiger partial charge in [-0.25, -0.2) is 0 Å². The van der Waals surface area contributed by atoms with Crippen molar-refractivity contribution in [2.45, 2.75) is 6.92 Å². The lowest BCUT2D eigenvalue weighted by Gasteiger charge is -2.24. The number of hydrogen-bond acceptors (Lipinski definition) is 2. The molecule has 0 saturated carbocycles. The second-order valence-corrected chi connectivity index (χ2v) is 5.22. The van der Waals surface area contributed by atoms with Crippen molar-refractivity contribution in [2.24, 2.45) is 0 Å². The average molecular weight is 280 g/mol. The summed E-state index contributed by atoms with van der Waals surface area (Å²) in [5, 5.41) is 7.19. The molecule has 5 heteroatoms. The second kappa shape index (κ2) is 7.43. The van der Waals surface area contributed by atoms with Gasteiger partial charge in [-0.05, 0) is 30.8 Å². The first-order valence-electron chi connectivity index (χ1n) is 6.77. The van der Waals surface area contributed by atoms with Crippen LogP contribution in [0.2, 0.25) is 0 Å². The van der Waals surface area contributed by atoms with Crippen LogP contribution in [0.3, 0.4) is 0 Å². The fraction of sp³-hybridized carbons (Fsp3) is 0.500. The Morgan fingerprint density at radius 1 is 1.32 bits per heavy atom. The minimum absolute atomic E-state index is 0.696. The lowest BCUT2D eigenvalue weighted by atomic mass is 10.2. The molecule has 0 radical (unpaired) electrons. The highest BCUT2D eigenvalue weighted by Gasteiger charge is 2.12. The second-order valence-electron chi connectivity index (χ2n) is 4.81. The van der Waals surface area contributed by atoms with E-state index in [0.717, 1.165) is 45.1 Å². The van der Waals surface area contributed by atoms with E-state index < -0.39 is 0 Å². The van der Waals surface area contributed by atoms with E-state index in [1.54, 1.807) is 4.90 Å². The maximum absolute atomic E-state index is 5.34. The van der Waals surface area contributed by atoms with E-state index >= 15 is 0 Å². The quantitative estimate of drug-likeness (QED) is 0.689. The van der Waals surface area contributed by atoms with E-state index in [1.165, 1.54) is 5.56 Å². The van der Waals surface area contributed by atoms with Crippen molar-refractivity contribution >= 4 is 23.0 Å². The molecule has 1 aliphatic heterocycles. The Kier molecular flexibility index (Phi) is 5.57. The molecule has 0 atom stereocenters. The number of para-hydroxylation sites is 1. The van der Waals surface area contributed by atoms with Crippen LogP contribution in [-0.4, -0.2) is 44.5 Å². The first kappa shape index (κ1) is 14.2. The Bertz CT molecular complexity index is 419. The molecular formula is C14H22N3OS+. The zero-order valence-corrected chi connectivity index (χ0v) is 12.2. The van der Waals surface area contributed by atoms with Gasteiger partial charge in [-0.15, -0.1) is 0 Å². The van der Waals surface area contributed by atoms with Crippen LogP contribution in [0.5, 0.6) is 0 Å². The summed E-state index contributed by atoms with van der Waals surface area (Å²) >= 11 is 5.31. The summed E-state index contributed by atoms with van der Waals surface area (Å²) in [5.74, 6) is 0. The van der Waals surface area contributed by atoms with Crippen molar-refractivity contribution in [1.29, 1.82) is 0 Å². The predicted molar refractivity (Wildman–Crippen MR) is 81.8 cm³/mol. The average Bonchev–Trinajstić information content (AvgIpc) is 2.43. The highest BCUT2D eigenvalue weighted by Crippen LogP contribution is 2.12. The molecule has 0 spiro atoms. The van der Waals surface area contributed by atoms with Crippen LogP contribution < -0.4 is 15.5 Å². The number of anilines is 1. The van der Waals surface area contributed by atoms with Gasteiger partial charge in [0.25, 0.3) is 0 Å². The predicted octanol–water partition coefficient (Wildman–Crippen LogP) is 0.197. The summed E-state index contributed by atoms with van der Waals surface area (Å²) in [6.07, 6.45) is 0. The molecule has 0 amide bonds. The zero-order chi connectivity index (χ0) is 13.5. The highest BCUT2D eigenvalue weighted by molar-refractivity contribution is 7.80. The molecule has 1 heterocycles. The number of hydrogen-bond donors (Lipinski definition) is 3. The van der Waals surface area contributed by atoms with Gasteiger partial charge in [0.2, 0.25) is 0 Å². The van der Waals surface area contributed by atoms with Gasteiger partial charge in [0, 0.05) is 5.69 Å². The van der Waals surface area contributed by atoms with E-state index in [0.29, 0.717) is 5.11 Å². The molecule has 104 valence electrons. The lowest BCUT2D eigenvalue weighted by molar-refractivity contribution is -0.906. The Morgan fingerprint density at radius 3 is 2.79 bits per heavy atom. The number of morpholine rings is 1.